The summed E-state index contributed by atoms with van der Waals surface area (Å²) in [5.74, 6) is 0.863. The second-order valence-corrected chi connectivity index (χ2v) is 8.41. The summed E-state index contributed by atoms with van der Waals surface area (Å²) in [6.45, 7) is 0.904. The Hall–Kier alpha value is -2.39. The molecule has 0 spiro atoms. The minimum absolute atomic E-state index is 0.341. The lowest BCUT2D eigenvalue weighted by Gasteiger charge is -2.10. The van der Waals surface area contributed by atoms with Crippen molar-refractivity contribution >= 4 is 10.9 Å². The number of aliphatic hydroxyl groups excluding tert-OH is 1. The van der Waals surface area contributed by atoms with Gasteiger partial charge in [-0.1, -0.05) is 99.9 Å². The van der Waals surface area contributed by atoms with E-state index in [0.717, 1.165) is 35.2 Å². The van der Waals surface area contributed by atoms with Crippen LogP contribution in [0, 0.1) is 0 Å². The first kappa shape index (κ1) is 23.3. The highest BCUT2D eigenvalue weighted by molar-refractivity contribution is 5.84. The van der Waals surface area contributed by atoms with Gasteiger partial charge in [0, 0.05) is 17.7 Å². The van der Waals surface area contributed by atoms with Gasteiger partial charge in [0.2, 0.25) is 0 Å². The van der Waals surface area contributed by atoms with Gasteiger partial charge in [0.05, 0.1) is 0 Å². The van der Waals surface area contributed by atoms with Crippen LogP contribution in [0.3, 0.4) is 0 Å². The van der Waals surface area contributed by atoms with Crippen LogP contribution in [-0.4, -0.2) is 16.7 Å². The van der Waals surface area contributed by atoms with E-state index in [0.29, 0.717) is 13.2 Å². The van der Waals surface area contributed by atoms with Gasteiger partial charge >= 0.3 is 0 Å². The number of fused-ring (bicyclic) bond motifs is 1. The first-order valence-corrected chi connectivity index (χ1v) is 12.0. The fourth-order valence-electron chi connectivity index (χ4n) is 3.98. The molecule has 1 aromatic heterocycles. The van der Waals surface area contributed by atoms with E-state index < -0.39 is 0 Å². The van der Waals surface area contributed by atoms with E-state index in [4.69, 9.17) is 14.8 Å². The van der Waals surface area contributed by atoms with Crippen molar-refractivity contribution in [1.82, 2.24) is 4.98 Å². The number of para-hydroxylation sites is 1. The predicted molar refractivity (Wildman–Crippen MR) is 129 cm³/mol. The number of unbranched alkanes of at least 4 members (excludes halogenated alkanes) is 9. The van der Waals surface area contributed by atoms with Gasteiger partial charge in [-0.15, -0.1) is 0 Å². The van der Waals surface area contributed by atoms with Crippen molar-refractivity contribution in [3.63, 3.8) is 0 Å². The van der Waals surface area contributed by atoms with Crippen LogP contribution in [0.15, 0.2) is 60.7 Å². The average molecular weight is 420 g/mol. The molecule has 0 unspecified atom stereocenters. The SMILES string of the molecule is OCCCCCCCCCCCCc1ccc2cccc(OCc3ccccc3)c2n1. The van der Waals surface area contributed by atoms with Crippen LogP contribution in [-0.2, 0) is 13.0 Å². The maximum absolute atomic E-state index is 8.79. The third kappa shape index (κ3) is 8.34. The molecule has 0 bridgehead atoms. The minimum Gasteiger partial charge on any atom is -0.487 e. The highest BCUT2D eigenvalue weighted by atomic mass is 16.5. The molecule has 3 aromatic rings. The van der Waals surface area contributed by atoms with Gasteiger partial charge < -0.3 is 9.84 Å². The van der Waals surface area contributed by atoms with Gasteiger partial charge in [-0.25, -0.2) is 4.98 Å². The van der Waals surface area contributed by atoms with Gasteiger partial charge in [-0.2, -0.15) is 0 Å². The largest absolute Gasteiger partial charge is 0.487 e. The predicted octanol–water partition coefficient (Wildman–Crippen LogP) is 7.25. The summed E-state index contributed by atoms with van der Waals surface area (Å²) in [5.41, 5.74) is 3.30. The number of hydrogen-bond donors (Lipinski definition) is 1. The maximum atomic E-state index is 8.79. The Morgan fingerprint density at radius 1 is 0.645 bits per heavy atom. The summed E-state index contributed by atoms with van der Waals surface area (Å²) in [6.07, 6.45) is 13.6. The molecule has 0 aliphatic carbocycles. The molecule has 3 nitrogen and oxygen atoms in total. The Morgan fingerprint density at radius 2 is 1.32 bits per heavy atom. The number of pyridine rings is 1. The van der Waals surface area contributed by atoms with Crippen molar-refractivity contribution in [3.05, 3.63) is 71.9 Å². The normalized spacial score (nSPS) is 11.1. The van der Waals surface area contributed by atoms with Crippen LogP contribution in [0.5, 0.6) is 5.75 Å². The third-order valence-electron chi connectivity index (χ3n) is 5.82. The van der Waals surface area contributed by atoms with Crippen molar-refractivity contribution in [3.8, 4) is 5.75 Å². The van der Waals surface area contributed by atoms with Crippen LogP contribution in [0.4, 0.5) is 0 Å². The Labute approximate surface area is 187 Å². The number of ether oxygens (including phenoxy) is 1. The molecule has 0 amide bonds. The molecule has 0 saturated carbocycles. The van der Waals surface area contributed by atoms with Crippen molar-refractivity contribution in [2.45, 2.75) is 77.2 Å². The quantitative estimate of drug-likeness (QED) is 0.264. The molecule has 166 valence electrons. The summed E-state index contributed by atoms with van der Waals surface area (Å²) in [7, 11) is 0. The van der Waals surface area contributed by atoms with Crippen LogP contribution in [0.25, 0.3) is 10.9 Å². The Morgan fingerprint density at radius 3 is 2.03 bits per heavy atom. The lowest BCUT2D eigenvalue weighted by Crippen LogP contribution is -1.98. The number of nitrogens with zero attached hydrogens (tertiary/aromatic N) is 1. The molecule has 2 aromatic carbocycles. The molecule has 0 aliphatic rings. The monoisotopic (exact) mass is 419 g/mol. The van der Waals surface area contributed by atoms with E-state index in [1.165, 1.54) is 63.4 Å². The first-order valence-electron chi connectivity index (χ1n) is 12.0. The van der Waals surface area contributed by atoms with Crippen LogP contribution in [0.2, 0.25) is 0 Å². The Balaban J connectivity index is 1.40. The van der Waals surface area contributed by atoms with Crippen molar-refractivity contribution in [2.24, 2.45) is 0 Å². The maximum Gasteiger partial charge on any atom is 0.146 e. The molecule has 0 fully saturated rings. The third-order valence-corrected chi connectivity index (χ3v) is 5.82. The zero-order chi connectivity index (χ0) is 21.6. The number of aryl methyl sites for hydroxylation is 1. The molecule has 31 heavy (non-hydrogen) atoms. The molecule has 1 N–H and O–H groups in total. The average Bonchev–Trinajstić information content (AvgIpc) is 2.82. The first-order chi connectivity index (χ1) is 15.4. The van der Waals surface area contributed by atoms with Crippen molar-refractivity contribution in [2.75, 3.05) is 6.61 Å². The van der Waals surface area contributed by atoms with E-state index in [2.05, 4.69) is 30.3 Å². The lowest BCUT2D eigenvalue weighted by atomic mass is 10.0. The van der Waals surface area contributed by atoms with Crippen molar-refractivity contribution < 1.29 is 9.84 Å². The van der Waals surface area contributed by atoms with E-state index in [-0.39, 0.29) is 0 Å². The molecule has 0 radical (unpaired) electrons. The van der Waals surface area contributed by atoms with Gasteiger partial charge in [0.15, 0.2) is 0 Å². The number of aromatic nitrogens is 1. The van der Waals surface area contributed by atoms with Crippen LogP contribution < -0.4 is 4.74 Å². The number of hydrogen-bond acceptors (Lipinski definition) is 3. The molecule has 1 heterocycles. The molecule has 3 heteroatoms. The van der Waals surface area contributed by atoms with Crippen LogP contribution in [0.1, 0.15) is 75.5 Å². The molecular weight excluding hydrogens is 382 g/mol. The summed E-state index contributed by atoms with van der Waals surface area (Å²) in [5, 5.41) is 9.93. The molecule has 0 saturated heterocycles. The summed E-state index contributed by atoms with van der Waals surface area (Å²) >= 11 is 0. The standard InChI is InChI=1S/C28H37NO2/c30-22-13-8-6-4-2-1-3-5-7-12-18-26-21-20-25-17-14-19-27(28(25)29-26)31-23-24-15-10-9-11-16-24/h9-11,14-17,19-21,30H,1-8,12-13,18,22-23H2. The number of aliphatic hydroxyl groups is 1. The zero-order valence-corrected chi connectivity index (χ0v) is 18.8. The molecule has 3 rings (SSSR count). The van der Waals surface area contributed by atoms with E-state index in [1.807, 2.05) is 30.3 Å². The summed E-state index contributed by atoms with van der Waals surface area (Å²) in [4.78, 5) is 4.93. The summed E-state index contributed by atoms with van der Waals surface area (Å²) < 4.78 is 6.10. The fraction of sp³-hybridized carbons (Fsp3) is 0.464. The van der Waals surface area contributed by atoms with Crippen LogP contribution >= 0.6 is 0 Å². The Bertz CT molecular complexity index is 879. The second kappa shape index (κ2) is 13.8. The zero-order valence-electron chi connectivity index (χ0n) is 18.8. The van der Waals surface area contributed by atoms with Gasteiger partial charge in [0.25, 0.3) is 0 Å². The summed E-state index contributed by atoms with van der Waals surface area (Å²) in [6, 6.07) is 20.8. The highest BCUT2D eigenvalue weighted by Crippen LogP contribution is 2.25. The van der Waals surface area contributed by atoms with Crippen molar-refractivity contribution in [1.29, 1.82) is 0 Å². The van der Waals surface area contributed by atoms with Gasteiger partial charge in [0.1, 0.15) is 17.9 Å². The topological polar surface area (TPSA) is 42.4 Å². The molecular formula is C28H37NO2. The fourth-order valence-corrected chi connectivity index (χ4v) is 3.98. The highest BCUT2D eigenvalue weighted by Gasteiger charge is 2.06. The lowest BCUT2D eigenvalue weighted by molar-refractivity contribution is 0.282. The van der Waals surface area contributed by atoms with Gasteiger partial charge in [-0.3, -0.25) is 0 Å². The van der Waals surface area contributed by atoms with Gasteiger partial charge in [-0.05, 0) is 37.0 Å². The van der Waals surface area contributed by atoms with E-state index >= 15 is 0 Å². The molecule has 0 atom stereocenters. The number of rotatable bonds is 15. The molecule has 0 aliphatic heterocycles. The Kier molecular flexibility index (Phi) is 10.4. The number of benzene rings is 2. The minimum atomic E-state index is 0.341. The smallest absolute Gasteiger partial charge is 0.146 e. The van der Waals surface area contributed by atoms with E-state index in [1.54, 1.807) is 0 Å². The van der Waals surface area contributed by atoms with E-state index in [9.17, 15) is 0 Å². The second-order valence-electron chi connectivity index (χ2n) is 8.41.